The first-order chi connectivity index (χ1) is 16.0. The molecule has 4 aromatic rings. The van der Waals surface area contributed by atoms with Crippen LogP contribution in [0.3, 0.4) is 0 Å². The van der Waals surface area contributed by atoms with Crippen molar-refractivity contribution >= 4 is 11.6 Å². The molecule has 1 fully saturated rings. The molecule has 0 N–H and O–H groups in total. The van der Waals surface area contributed by atoms with E-state index in [1.165, 1.54) is 12.3 Å². The van der Waals surface area contributed by atoms with Gasteiger partial charge in [0, 0.05) is 24.5 Å². The summed E-state index contributed by atoms with van der Waals surface area (Å²) in [4.78, 5) is 24.2. The minimum Gasteiger partial charge on any atom is -0.331 e. The molecular formula is C25H23F2N5O. The normalized spacial score (nSPS) is 16.5. The average Bonchev–Trinajstić information content (AvgIpc) is 3.28. The van der Waals surface area contributed by atoms with E-state index in [0.29, 0.717) is 17.8 Å². The summed E-state index contributed by atoms with van der Waals surface area (Å²) in [5.74, 6) is -0.257. The lowest BCUT2D eigenvalue weighted by molar-refractivity contribution is 0.0613. The van der Waals surface area contributed by atoms with Crippen LogP contribution >= 0.6 is 0 Å². The zero-order valence-corrected chi connectivity index (χ0v) is 18.2. The van der Waals surface area contributed by atoms with E-state index >= 15 is 0 Å². The molecule has 3 aromatic heterocycles. The van der Waals surface area contributed by atoms with E-state index in [0.717, 1.165) is 34.9 Å². The van der Waals surface area contributed by atoms with Gasteiger partial charge in [0.2, 0.25) is 0 Å². The average molecular weight is 447 g/mol. The van der Waals surface area contributed by atoms with Crippen molar-refractivity contribution in [2.45, 2.75) is 38.7 Å². The van der Waals surface area contributed by atoms with E-state index < -0.39 is 6.43 Å². The highest BCUT2D eigenvalue weighted by Crippen LogP contribution is 2.33. The van der Waals surface area contributed by atoms with Gasteiger partial charge in [-0.2, -0.15) is 5.10 Å². The quantitative estimate of drug-likeness (QED) is 0.420. The van der Waals surface area contributed by atoms with Crippen LogP contribution in [-0.4, -0.2) is 36.9 Å². The Labute approximate surface area is 189 Å². The number of carbonyl (C=O) groups excluding carboxylic acids is 1. The molecule has 168 valence electrons. The van der Waals surface area contributed by atoms with Gasteiger partial charge in [0.25, 0.3) is 12.3 Å². The maximum Gasteiger partial charge on any atom is 0.280 e. The summed E-state index contributed by atoms with van der Waals surface area (Å²) in [6.07, 6.45) is 4.77. The van der Waals surface area contributed by atoms with Crippen LogP contribution in [0, 0.1) is 6.92 Å². The highest BCUT2D eigenvalue weighted by atomic mass is 19.3. The van der Waals surface area contributed by atoms with Crippen molar-refractivity contribution in [2.75, 3.05) is 6.54 Å². The van der Waals surface area contributed by atoms with Gasteiger partial charge >= 0.3 is 0 Å². The summed E-state index contributed by atoms with van der Waals surface area (Å²) < 4.78 is 28.9. The Morgan fingerprint density at radius 2 is 1.94 bits per heavy atom. The van der Waals surface area contributed by atoms with Gasteiger partial charge in [-0.1, -0.05) is 35.9 Å². The fourth-order valence-electron chi connectivity index (χ4n) is 4.41. The molecule has 5 rings (SSSR count). The number of aromatic nitrogens is 4. The molecule has 1 aliphatic heterocycles. The number of aryl methyl sites for hydroxylation is 1. The number of carbonyl (C=O) groups is 1. The van der Waals surface area contributed by atoms with Gasteiger partial charge in [-0.3, -0.25) is 9.78 Å². The number of halogens is 2. The Morgan fingerprint density at radius 1 is 1.12 bits per heavy atom. The van der Waals surface area contributed by atoms with Gasteiger partial charge in [-0.15, -0.1) is 0 Å². The third kappa shape index (κ3) is 3.97. The van der Waals surface area contributed by atoms with Crippen molar-refractivity contribution in [3.8, 4) is 11.3 Å². The molecule has 4 heterocycles. The van der Waals surface area contributed by atoms with Crippen LogP contribution in [0.25, 0.3) is 16.9 Å². The largest absolute Gasteiger partial charge is 0.331 e. The SMILES string of the molecule is Cc1ccc(-c2cc(C(F)F)n3ncc(C(=O)N4CCCC[C@H]4c4cccnc4)c3n2)cc1. The maximum absolute atomic E-state index is 13.9. The molecule has 0 unspecified atom stereocenters. The molecule has 1 atom stereocenters. The van der Waals surface area contributed by atoms with E-state index in [2.05, 4.69) is 15.1 Å². The van der Waals surface area contributed by atoms with Crippen molar-refractivity contribution in [2.24, 2.45) is 0 Å². The molecule has 1 saturated heterocycles. The summed E-state index contributed by atoms with van der Waals surface area (Å²) in [5.41, 5.74) is 3.18. The highest BCUT2D eigenvalue weighted by molar-refractivity contribution is 6.00. The maximum atomic E-state index is 13.9. The van der Waals surface area contributed by atoms with Gasteiger partial charge in [0.1, 0.15) is 11.3 Å². The summed E-state index contributed by atoms with van der Waals surface area (Å²) in [5, 5.41) is 4.12. The number of rotatable bonds is 4. The first kappa shape index (κ1) is 21.2. The molecule has 8 heteroatoms. The topological polar surface area (TPSA) is 63.4 Å². The first-order valence-corrected chi connectivity index (χ1v) is 11.0. The summed E-state index contributed by atoms with van der Waals surface area (Å²) in [7, 11) is 0. The van der Waals surface area contributed by atoms with E-state index in [4.69, 9.17) is 0 Å². The van der Waals surface area contributed by atoms with Gasteiger partial charge in [0.05, 0.1) is 17.9 Å². The van der Waals surface area contributed by atoms with E-state index in [1.54, 1.807) is 17.3 Å². The number of benzene rings is 1. The van der Waals surface area contributed by atoms with Crippen LogP contribution in [0.15, 0.2) is 61.1 Å². The van der Waals surface area contributed by atoms with Crippen LogP contribution in [0.2, 0.25) is 0 Å². The number of hydrogen-bond acceptors (Lipinski definition) is 4. The van der Waals surface area contributed by atoms with E-state index in [-0.39, 0.29) is 28.9 Å². The number of piperidine rings is 1. The van der Waals surface area contributed by atoms with Gasteiger partial charge < -0.3 is 4.90 Å². The Morgan fingerprint density at radius 3 is 2.67 bits per heavy atom. The Kier molecular flexibility index (Phi) is 5.58. The number of fused-ring (bicyclic) bond motifs is 1. The summed E-state index contributed by atoms with van der Waals surface area (Å²) >= 11 is 0. The van der Waals surface area contributed by atoms with E-state index in [1.807, 2.05) is 43.3 Å². The molecular weight excluding hydrogens is 424 g/mol. The lowest BCUT2D eigenvalue weighted by Crippen LogP contribution is -2.38. The third-order valence-corrected chi connectivity index (χ3v) is 6.13. The van der Waals surface area contributed by atoms with Gasteiger partial charge in [-0.05, 0) is 43.9 Å². The molecule has 1 aromatic carbocycles. The van der Waals surface area contributed by atoms with Crippen molar-refractivity contribution in [1.29, 1.82) is 0 Å². The van der Waals surface area contributed by atoms with Gasteiger partial charge in [0.15, 0.2) is 5.65 Å². The molecule has 6 nitrogen and oxygen atoms in total. The predicted molar refractivity (Wildman–Crippen MR) is 120 cm³/mol. The first-order valence-electron chi connectivity index (χ1n) is 11.0. The zero-order chi connectivity index (χ0) is 22.9. The smallest absolute Gasteiger partial charge is 0.280 e. The standard InChI is InChI=1S/C25H23F2N5O/c1-16-7-9-17(10-8-16)20-13-22(23(26)27)32-24(30-20)19(15-29-32)25(33)31-12-3-2-6-21(31)18-5-4-11-28-14-18/h4-5,7-11,13-15,21,23H,2-3,6,12H2,1H3/t21-/m0/s1. The van der Waals surface area contributed by atoms with Crippen molar-refractivity contribution in [3.63, 3.8) is 0 Å². The molecule has 0 spiro atoms. The Bertz CT molecular complexity index is 1290. The molecule has 1 aliphatic rings. The predicted octanol–water partition coefficient (Wildman–Crippen LogP) is 5.40. The zero-order valence-electron chi connectivity index (χ0n) is 18.2. The molecule has 0 saturated carbocycles. The molecule has 33 heavy (non-hydrogen) atoms. The molecule has 1 amide bonds. The number of hydrogen-bond donors (Lipinski definition) is 0. The second-order valence-corrected chi connectivity index (χ2v) is 8.32. The molecule has 0 bridgehead atoms. The van der Waals surface area contributed by atoms with Crippen LogP contribution < -0.4 is 0 Å². The van der Waals surface area contributed by atoms with Crippen LogP contribution in [0.4, 0.5) is 8.78 Å². The van der Waals surface area contributed by atoms with Crippen molar-refractivity contribution < 1.29 is 13.6 Å². The summed E-state index contributed by atoms with van der Waals surface area (Å²) in [6.45, 7) is 2.53. The van der Waals surface area contributed by atoms with Crippen LogP contribution in [0.1, 0.15) is 58.9 Å². The van der Waals surface area contributed by atoms with E-state index in [9.17, 15) is 13.6 Å². The molecule has 0 radical (unpaired) electrons. The lowest BCUT2D eigenvalue weighted by Gasteiger charge is -2.35. The Hall–Kier alpha value is -3.68. The van der Waals surface area contributed by atoms with Crippen molar-refractivity contribution in [1.82, 2.24) is 24.5 Å². The fraction of sp³-hybridized carbons (Fsp3) is 0.280. The minimum atomic E-state index is -2.76. The monoisotopic (exact) mass is 447 g/mol. The summed E-state index contributed by atoms with van der Waals surface area (Å²) in [6, 6.07) is 12.5. The molecule has 0 aliphatic carbocycles. The highest BCUT2D eigenvalue weighted by Gasteiger charge is 2.31. The van der Waals surface area contributed by atoms with Crippen molar-refractivity contribution in [3.05, 3.63) is 83.4 Å². The van der Waals surface area contributed by atoms with Crippen LogP contribution in [0.5, 0.6) is 0 Å². The number of nitrogens with zero attached hydrogens (tertiary/aromatic N) is 5. The number of likely N-dealkylation sites (tertiary alicyclic amines) is 1. The third-order valence-electron chi connectivity index (χ3n) is 6.13. The lowest BCUT2D eigenvalue weighted by atomic mass is 9.95. The second kappa shape index (κ2) is 8.69. The Balaban J connectivity index is 1.60. The fourth-order valence-corrected chi connectivity index (χ4v) is 4.41. The minimum absolute atomic E-state index is 0.121. The van der Waals surface area contributed by atoms with Crippen LogP contribution in [-0.2, 0) is 0 Å². The number of pyridine rings is 1. The number of alkyl halides is 2. The number of amides is 1. The van der Waals surface area contributed by atoms with Gasteiger partial charge in [-0.25, -0.2) is 18.3 Å². The second-order valence-electron chi connectivity index (χ2n) is 8.32.